The highest BCUT2D eigenvalue weighted by molar-refractivity contribution is 9.10. The highest BCUT2D eigenvalue weighted by Crippen LogP contribution is 2.21. The minimum atomic E-state index is -1.08. The molecule has 0 spiro atoms. The topological polar surface area (TPSA) is 86.9 Å². The summed E-state index contributed by atoms with van der Waals surface area (Å²) < 4.78 is 0.884. The summed E-state index contributed by atoms with van der Waals surface area (Å²) in [5.41, 5.74) is 6.53. The molecule has 3 N–H and O–H groups in total. The van der Waals surface area contributed by atoms with Crippen molar-refractivity contribution in [2.75, 3.05) is 11.4 Å². The molecule has 7 heteroatoms. The lowest BCUT2D eigenvalue weighted by Gasteiger charge is -2.24. The predicted molar refractivity (Wildman–Crippen MR) is 89.8 cm³/mol. The summed E-state index contributed by atoms with van der Waals surface area (Å²) in [6, 6.07) is 15.5. The Morgan fingerprint density at radius 2 is 1.65 bits per heavy atom. The highest BCUT2D eigenvalue weighted by Gasteiger charge is 2.20. The third-order valence-electron chi connectivity index (χ3n) is 3.16. The minimum Gasteiger partial charge on any atom is -0.350 e. The van der Waals surface area contributed by atoms with Gasteiger partial charge in [-0.15, -0.1) is 0 Å². The lowest BCUT2D eigenvalue weighted by molar-refractivity contribution is -0.127. The van der Waals surface area contributed by atoms with Crippen molar-refractivity contribution in [2.45, 2.75) is 6.54 Å². The third kappa shape index (κ3) is 4.80. The molecule has 0 heterocycles. The molecule has 0 aliphatic heterocycles. The number of primary amides is 1. The molecule has 0 saturated heterocycles. The third-order valence-corrected chi connectivity index (χ3v) is 3.69. The minimum absolute atomic E-state index is 0.194. The number of halogens is 1. The van der Waals surface area contributed by atoms with Gasteiger partial charge in [-0.1, -0.05) is 46.3 Å². The zero-order valence-corrected chi connectivity index (χ0v) is 13.8. The predicted octanol–water partition coefficient (Wildman–Crippen LogP) is 2.75. The van der Waals surface area contributed by atoms with Gasteiger partial charge >= 0.3 is 6.03 Å². The number of urea groups is 1. The van der Waals surface area contributed by atoms with Crippen molar-refractivity contribution in [2.24, 2.45) is 5.73 Å². The van der Waals surface area contributed by atoms with Gasteiger partial charge in [0.05, 0.1) is 6.54 Å². The Morgan fingerprint density at radius 3 is 2.22 bits per heavy atom. The van der Waals surface area contributed by atoms with Gasteiger partial charge in [0.2, 0.25) is 5.91 Å². The summed E-state index contributed by atoms with van der Waals surface area (Å²) in [6.07, 6.45) is 0. The van der Waals surface area contributed by atoms with E-state index in [1.807, 2.05) is 42.5 Å². The lowest BCUT2D eigenvalue weighted by Crippen LogP contribution is -2.43. The fraction of sp³-hybridized carbons (Fsp3) is 0.125. The Balaban J connectivity index is 2.25. The number of benzene rings is 2. The molecule has 120 valence electrons. The molecule has 0 aromatic heterocycles. The van der Waals surface area contributed by atoms with E-state index in [0.717, 1.165) is 10.0 Å². The van der Waals surface area contributed by atoms with Crippen molar-refractivity contribution >= 4 is 33.6 Å². The number of carbonyl (C=O) groups excluding carboxylic acids is 2. The van der Waals surface area contributed by atoms with Crippen LogP contribution in [0, 0.1) is 0 Å². The molecule has 2 aromatic carbocycles. The SMILES string of the molecule is NC(=O)N(O)CC(=O)N(Cc1ccccc1)c1ccc(Br)cc1. The molecule has 0 radical (unpaired) electrons. The molecular formula is C16H16BrN3O3. The average molecular weight is 378 g/mol. The fourth-order valence-electron chi connectivity index (χ4n) is 2.00. The Hall–Kier alpha value is -2.38. The number of nitrogens with zero attached hydrogens (tertiary/aromatic N) is 2. The van der Waals surface area contributed by atoms with Gasteiger partial charge in [0.1, 0.15) is 6.54 Å². The zero-order valence-electron chi connectivity index (χ0n) is 12.2. The van der Waals surface area contributed by atoms with Gasteiger partial charge in [-0.05, 0) is 29.8 Å². The monoisotopic (exact) mass is 377 g/mol. The first-order chi connectivity index (χ1) is 11.0. The maximum absolute atomic E-state index is 12.5. The van der Waals surface area contributed by atoms with Gasteiger partial charge < -0.3 is 10.6 Å². The van der Waals surface area contributed by atoms with Gasteiger partial charge in [-0.3, -0.25) is 10.0 Å². The zero-order chi connectivity index (χ0) is 16.8. The molecule has 0 bridgehead atoms. The van der Waals surface area contributed by atoms with E-state index in [-0.39, 0.29) is 5.06 Å². The van der Waals surface area contributed by atoms with Crippen molar-refractivity contribution < 1.29 is 14.8 Å². The van der Waals surface area contributed by atoms with Crippen LogP contribution < -0.4 is 10.6 Å². The second-order valence-electron chi connectivity index (χ2n) is 4.84. The van der Waals surface area contributed by atoms with Crippen LogP contribution in [0.2, 0.25) is 0 Å². The molecular weight excluding hydrogens is 362 g/mol. The summed E-state index contributed by atoms with van der Waals surface area (Å²) in [4.78, 5) is 24.9. The largest absolute Gasteiger partial charge is 0.350 e. The molecule has 0 aliphatic rings. The van der Waals surface area contributed by atoms with E-state index < -0.39 is 18.5 Å². The summed E-state index contributed by atoms with van der Waals surface area (Å²) in [7, 11) is 0. The van der Waals surface area contributed by atoms with Crippen LogP contribution in [-0.4, -0.2) is 28.8 Å². The smallest absolute Gasteiger partial charge is 0.339 e. The van der Waals surface area contributed by atoms with Crippen LogP contribution in [0.5, 0.6) is 0 Å². The van der Waals surface area contributed by atoms with Crippen LogP contribution in [-0.2, 0) is 11.3 Å². The summed E-state index contributed by atoms with van der Waals surface area (Å²) >= 11 is 3.34. The standard InChI is InChI=1S/C16H16BrN3O3/c17-13-6-8-14(9-7-13)19(10-12-4-2-1-3-5-12)15(21)11-20(23)16(18)22/h1-9,23H,10-11H2,(H2,18,22). The molecule has 0 aliphatic carbocycles. The first-order valence-electron chi connectivity index (χ1n) is 6.83. The Bertz CT molecular complexity index is 677. The quantitative estimate of drug-likeness (QED) is 0.620. The summed E-state index contributed by atoms with van der Waals surface area (Å²) in [5.74, 6) is -0.447. The van der Waals surface area contributed by atoms with Crippen LogP contribution in [0.4, 0.5) is 10.5 Å². The molecule has 0 unspecified atom stereocenters. The average Bonchev–Trinajstić information content (AvgIpc) is 2.54. The molecule has 6 nitrogen and oxygen atoms in total. The van der Waals surface area contributed by atoms with E-state index in [1.54, 1.807) is 12.1 Å². The molecule has 2 aromatic rings. The number of hydrogen-bond donors (Lipinski definition) is 2. The van der Waals surface area contributed by atoms with Crippen molar-refractivity contribution in [3.05, 3.63) is 64.6 Å². The number of amides is 3. The maximum Gasteiger partial charge on any atom is 0.339 e. The Kier molecular flexibility index (Phi) is 5.72. The van der Waals surface area contributed by atoms with Gasteiger partial charge in [0.25, 0.3) is 0 Å². The maximum atomic E-state index is 12.5. The second-order valence-corrected chi connectivity index (χ2v) is 5.75. The molecule has 23 heavy (non-hydrogen) atoms. The second kappa shape index (κ2) is 7.75. The molecule has 0 fully saturated rings. The lowest BCUT2D eigenvalue weighted by atomic mass is 10.2. The number of rotatable bonds is 5. The van der Waals surface area contributed by atoms with Crippen LogP contribution in [0.15, 0.2) is 59.1 Å². The normalized spacial score (nSPS) is 10.2. The van der Waals surface area contributed by atoms with E-state index in [9.17, 15) is 14.8 Å². The first-order valence-corrected chi connectivity index (χ1v) is 7.62. The molecule has 3 amide bonds. The van der Waals surface area contributed by atoms with E-state index in [0.29, 0.717) is 12.2 Å². The first kappa shape index (κ1) is 17.0. The van der Waals surface area contributed by atoms with E-state index in [2.05, 4.69) is 15.9 Å². The number of carbonyl (C=O) groups is 2. The van der Waals surface area contributed by atoms with E-state index >= 15 is 0 Å². The van der Waals surface area contributed by atoms with Crippen molar-refractivity contribution in [3.8, 4) is 0 Å². The van der Waals surface area contributed by atoms with Crippen LogP contribution in [0.1, 0.15) is 5.56 Å². The summed E-state index contributed by atoms with van der Waals surface area (Å²) in [6.45, 7) is -0.202. The van der Waals surface area contributed by atoms with Gasteiger partial charge in [-0.2, -0.15) is 5.06 Å². The van der Waals surface area contributed by atoms with Crippen molar-refractivity contribution in [1.29, 1.82) is 0 Å². The van der Waals surface area contributed by atoms with Gasteiger partial charge in [-0.25, -0.2) is 4.79 Å². The van der Waals surface area contributed by atoms with Crippen LogP contribution >= 0.6 is 15.9 Å². The Morgan fingerprint density at radius 1 is 1.04 bits per heavy atom. The summed E-state index contributed by atoms with van der Waals surface area (Å²) in [5, 5.41) is 9.60. The Labute approximate surface area is 142 Å². The number of nitrogens with two attached hydrogens (primary N) is 1. The van der Waals surface area contributed by atoms with Crippen molar-refractivity contribution in [1.82, 2.24) is 5.06 Å². The number of anilines is 1. The molecule has 0 saturated carbocycles. The molecule has 0 atom stereocenters. The fourth-order valence-corrected chi connectivity index (χ4v) is 2.27. The molecule has 2 rings (SSSR count). The van der Waals surface area contributed by atoms with Crippen LogP contribution in [0.3, 0.4) is 0 Å². The number of hydrogen-bond acceptors (Lipinski definition) is 3. The van der Waals surface area contributed by atoms with Gasteiger partial charge in [0, 0.05) is 10.2 Å². The van der Waals surface area contributed by atoms with Crippen molar-refractivity contribution in [3.63, 3.8) is 0 Å². The van der Waals surface area contributed by atoms with Crippen LogP contribution in [0.25, 0.3) is 0 Å². The highest BCUT2D eigenvalue weighted by atomic mass is 79.9. The van der Waals surface area contributed by atoms with E-state index in [1.165, 1.54) is 4.90 Å². The number of hydroxylamine groups is 2. The van der Waals surface area contributed by atoms with E-state index in [4.69, 9.17) is 5.73 Å². The van der Waals surface area contributed by atoms with Gasteiger partial charge in [0.15, 0.2) is 0 Å².